The van der Waals surface area contributed by atoms with Gasteiger partial charge < -0.3 is 15.2 Å². The van der Waals surface area contributed by atoms with Crippen molar-refractivity contribution in [1.29, 1.82) is 0 Å². The maximum absolute atomic E-state index is 12.1. The van der Waals surface area contributed by atoms with Gasteiger partial charge >= 0.3 is 5.97 Å². The zero-order valence-electron chi connectivity index (χ0n) is 12.4. The minimum atomic E-state index is -1.02. The molecule has 0 saturated heterocycles. The van der Waals surface area contributed by atoms with Crippen LogP contribution in [-0.2, 0) is 9.53 Å². The van der Waals surface area contributed by atoms with E-state index >= 15 is 0 Å². The first kappa shape index (κ1) is 14.9. The molecule has 0 radical (unpaired) electrons. The molecule has 4 nitrogen and oxygen atoms in total. The number of aryl methyl sites for hydroxylation is 1. The van der Waals surface area contributed by atoms with E-state index in [9.17, 15) is 4.79 Å². The molecule has 1 fully saturated rings. The summed E-state index contributed by atoms with van der Waals surface area (Å²) in [7, 11) is 0. The monoisotopic (exact) mass is 277 g/mol. The highest BCUT2D eigenvalue weighted by molar-refractivity contribution is 5.81. The molecule has 1 unspecified atom stereocenters. The fourth-order valence-electron chi connectivity index (χ4n) is 2.29. The Balaban J connectivity index is 2.09. The minimum absolute atomic E-state index is 0.167. The zero-order chi connectivity index (χ0) is 14.8. The van der Waals surface area contributed by atoms with E-state index in [1.165, 1.54) is 0 Å². The number of nitrogens with two attached hydrogens (primary N) is 1. The molecule has 20 heavy (non-hydrogen) atoms. The van der Waals surface area contributed by atoms with Crippen LogP contribution in [0.5, 0.6) is 5.75 Å². The third kappa shape index (κ3) is 2.96. The molecule has 0 aliphatic heterocycles. The Morgan fingerprint density at radius 1 is 1.40 bits per heavy atom. The maximum atomic E-state index is 12.1. The Bertz CT molecular complexity index is 496. The average Bonchev–Trinajstić information content (AvgIpc) is 3.25. The summed E-state index contributed by atoms with van der Waals surface area (Å²) in [6, 6.07) is 5.88. The Morgan fingerprint density at radius 2 is 2.10 bits per heavy atom. The van der Waals surface area contributed by atoms with Gasteiger partial charge in [-0.3, -0.25) is 0 Å². The second-order valence-corrected chi connectivity index (χ2v) is 5.52. The Labute approximate surface area is 120 Å². The van der Waals surface area contributed by atoms with Crippen LogP contribution >= 0.6 is 0 Å². The quantitative estimate of drug-likeness (QED) is 0.811. The van der Waals surface area contributed by atoms with E-state index in [4.69, 9.17) is 15.2 Å². The molecular weight excluding hydrogens is 254 g/mol. The molecule has 0 spiro atoms. The second kappa shape index (κ2) is 5.83. The molecule has 0 heterocycles. The molecule has 4 heteroatoms. The van der Waals surface area contributed by atoms with Crippen LogP contribution in [0.3, 0.4) is 0 Å². The molecule has 110 valence electrons. The largest absolute Gasteiger partial charge is 0.491 e. The van der Waals surface area contributed by atoms with Crippen molar-refractivity contribution < 1.29 is 14.3 Å². The van der Waals surface area contributed by atoms with Crippen molar-refractivity contribution in [3.63, 3.8) is 0 Å². The molecule has 1 atom stereocenters. The number of carbonyl (C=O) groups is 1. The van der Waals surface area contributed by atoms with Gasteiger partial charge in [-0.15, -0.1) is 0 Å². The van der Waals surface area contributed by atoms with E-state index in [0.29, 0.717) is 6.61 Å². The van der Waals surface area contributed by atoms with Gasteiger partial charge in [0, 0.05) is 0 Å². The van der Waals surface area contributed by atoms with Crippen LogP contribution < -0.4 is 10.5 Å². The summed E-state index contributed by atoms with van der Waals surface area (Å²) in [4.78, 5) is 12.1. The van der Waals surface area contributed by atoms with E-state index in [-0.39, 0.29) is 18.5 Å². The topological polar surface area (TPSA) is 61.5 Å². The minimum Gasteiger partial charge on any atom is -0.491 e. The van der Waals surface area contributed by atoms with Crippen molar-refractivity contribution in [3.05, 3.63) is 29.3 Å². The SMILES string of the molecule is CCOC(=O)C(N)(COc1cccc(C)c1C)C1CC1. The van der Waals surface area contributed by atoms with E-state index in [1.807, 2.05) is 32.0 Å². The van der Waals surface area contributed by atoms with Gasteiger partial charge in [0.2, 0.25) is 0 Å². The first-order chi connectivity index (χ1) is 9.49. The van der Waals surface area contributed by atoms with Crippen molar-refractivity contribution in [2.45, 2.75) is 39.2 Å². The highest BCUT2D eigenvalue weighted by atomic mass is 16.5. The highest BCUT2D eigenvalue weighted by Crippen LogP contribution is 2.39. The molecule has 1 aromatic rings. The van der Waals surface area contributed by atoms with Crippen LogP contribution in [0.15, 0.2) is 18.2 Å². The first-order valence-corrected chi connectivity index (χ1v) is 7.14. The lowest BCUT2D eigenvalue weighted by atomic mass is 9.95. The lowest BCUT2D eigenvalue weighted by Crippen LogP contribution is -2.55. The van der Waals surface area contributed by atoms with Gasteiger partial charge in [0.25, 0.3) is 0 Å². The third-order valence-electron chi connectivity index (χ3n) is 3.98. The van der Waals surface area contributed by atoms with Crippen molar-refractivity contribution in [2.75, 3.05) is 13.2 Å². The van der Waals surface area contributed by atoms with Gasteiger partial charge in [-0.2, -0.15) is 0 Å². The predicted octanol–water partition coefficient (Wildman–Crippen LogP) is 2.35. The van der Waals surface area contributed by atoms with E-state index in [1.54, 1.807) is 6.92 Å². The number of hydrogen-bond acceptors (Lipinski definition) is 4. The Hall–Kier alpha value is -1.55. The molecule has 0 aromatic heterocycles. The number of ether oxygens (including phenoxy) is 2. The van der Waals surface area contributed by atoms with Gasteiger partial charge in [-0.25, -0.2) is 4.79 Å². The van der Waals surface area contributed by atoms with Gasteiger partial charge in [-0.05, 0) is 56.7 Å². The van der Waals surface area contributed by atoms with Crippen molar-refractivity contribution in [2.24, 2.45) is 11.7 Å². The molecule has 1 aliphatic rings. The fraction of sp³-hybridized carbons (Fsp3) is 0.562. The van der Waals surface area contributed by atoms with Crippen LogP contribution in [0.1, 0.15) is 30.9 Å². The summed E-state index contributed by atoms with van der Waals surface area (Å²) < 4.78 is 10.9. The van der Waals surface area contributed by atoms with Crippen molar-refractivity contribution in [1.82, 2.24) is 0 Å². The van der Waals surface area contributed by atoms with Gasteiger partial charge in [0.1, 0.15) is 12.4 Å². The summed E-state index contributed by atoms with van der Waals surface area (Å²) in [5, 5.41) is 0. The van der Waals surface area contributed by atoms with E-state index in [0.717, 1.165) is 29.7 Å². The standard InChI is InChI=1S/C16H23NO3/c1-4-19-15(18)16(17,13-8-9-13)10-20-14-7-5-6-11(2)12(14)3/h5-7,13H,4,8-10,17H2,1-3H3. The number of benzene rings is 1. The number of hydrogen-bond donors (Lipinski definition) is 1. The van der Waals surface area contributed by atoms with Crippen LogP contribution in [0.25, 0.3) is 0 Å². The summed E-state index contributed by atoms with van der Waals surface area (Å²) >= 11 is 0. The number of esters is 1. The second-order valence-electron chi connectivity index (χ2n) is 5.52. The lowest BCUT2D eigenvalue weighted by Gasteiger charge is -2.27. The lowest BCUT2D eigenvalue weighted by molar-refractivity contribution is -0.152. The van der Waals surface area contributed by atoms with Gasteiger partial charge in [0.05, 0.1) is 6.61 Å². The first-order valence-electron chi connectivity index (χ1n) is 7.14. The molecule has 1 aliphatic carbocycles. The Morgan fingerprint density at radius 3 is 2.70 bits per heavy atom. The third-order valence-corrected chi connectivity index (χ3v) is 3.98. The zero-order valence-corrected chi connectivity index (χ0v) is 12.4. The molecule has 0 bridgehead atoms. The fourth-order valence-corrected chi connectivity index (χ4v) is 2.29. The normalized spacial score (nSPS) is 17.4. The van der Waals surface area contributed by atoms with Gasteiger partial charge in [-0.1, -0.05) is 12.1 Å². The van der Waals surface area contributed by atoms with Crippen molar-refractivity contribution >= 4 is 5.97 Å². The summed E-state index contributed by atoms with van der Waals surface area (Å²) in [5.41, 5.74) is 7.49. The molecule has 2 N–H and O–H groups in total. The smallest absolute Gasteiger partial charge is 0.329 e. The molecule has 1 saturated carbocycles. The van der Waals surface area contributed by atoms with Crippen LogP contribution in [0.2, 0.25) is 0 Å². The van der Waals surface area contributed by atoms with Crippen LogP contribution in [0, 0.1) is 19.8 Å². The number of carbonyl (C=O) groups excluding carboxylic acids is 1. The van der Waals surface area contributed by atoms with Crippen LogP contribution in [-0.4, -0.2) is 24.7 Å². The Kier molecular flexibility index (Phi) is 4.33. The summed E-state index contributed by atoms with van der Waals surface area (Å²) in [6.07, 6.45) is 1.93. The van der Waals surface area contributed by atoms with Crippen molar-refractivity contribution in [3.8, 4) is 5.75 Å². The summed E-state index contributed by atoms with van der Waals surface area (Å²) in [5.74, 6) is 0.601. The van der Waals surface area contributed by atoms with Crippen LogP contribution in [0.4, 0.5) is 0 Å². The molecule has 2 rings (SSSR count). The highest BCUT2D eigenvalue weighted by Gasteiger charge is 2.50. The number of rotatable bonds is 6. The predicted molar refractivity (Wildman–Crippen MR) is 77.7 cm³/mol. The molecule has 0 amide bonds. The molecule has 1 aromatic carbocycles. The maximum Gasteiger partial charge on any atom is 0.329 e. The summed E-state index contributed by atoms with van der Waals surface area (Å²) in [6.45, 7) is 6.33. The average molecular weight is 277 g/mol. The van der Waals surface area contributed by atoms with Gasteiger partial charge in [0.15, 0.2) is 5.54 Å². The van der Waals surface area contributed by atoms with E-state index < -0.39 is 5.54 Å². The van der Waals surface area contributed by atoms with E-state index in [2.05, 4.69) is 0 Å². The molecular formula is C16H23NO3.